The van der Waals surface area contributed by atoms with E-state index >= 15 is 0 Å². The summed E-state index contributed by atoms with van der Waals surface area (Å²) in [5, 5.41) is 0. The number of fused-ring (bicyclic) bond motifs is 1. The zero-order valence-corrected chi connectivity index (χ0v) is 23.3. The minimum Gasteiger partial charge on any atom is -0.369 e. The van der Waals surface area contributed by atoms with Crippen molar-refractivity contribution < 1.29 is 4.79 Å². The molecular formula is C35H43N3O. The Morgan fingerprint density at radius 2 is 1.41 bits per heavy atom. The Labute approximate surface area is 234 Å². The first-order valence-electron chi connectivity index (χ1n) is 15.2. The van der Waals surface area contributed by atoms with Gasteiger partial charge in [0.1, 0.15) is 0 Å². The van der Waals surface area contributed by atoms with Crippen molar-refractivity contribution in [2.24, 2.45) is 5.92 Å². The third kappa shape index (κ3) is 6.22. The molecule has 2 aliphatic heterocycles. The molecule has 3 aromatic carbocycles. The van der Waals surface area contributed by atoms with Crippen molar-refractivity contribution >= 4 is 11.6 Å². The van der Waals surface area contributed by atoms with Gasteiger partial charge in [0.15, 0.2) is 0 Å². The zero-order chi connectivity index (χ0) is 26.4. The summed E-state index contributed by atoms with van der Waals surface area (Å²) in [6.45, 7) is 7.09. The van der Waals surface area contributed by atoms with Crippen molar-refractivity contribution in [2.75, 3.05) is 50.7 Å². The van der Waals surface area contributed by atoms with Gasteiger partial charge in [-0.2, -0.15) is 0 Å². The van der Waals surface area contributed by atoms with Gasteiger partial charge in [-0.15, -0.1) is 0 Å². The monoisotopic (exact) mass is 521 g/mol. The highest BCUT2D eigenvalue weighted by Gasteiger charge is 2.28. The van der Waals surface area contributed by atoms with Crippen LogP contribution in [0.3, 0.4) is 0 Å². The molecule has 1 aliphatic carbocycles. The van der Waals surface area contributed by atoms with Gasteiger partial charge in [0.05, 0.1) is 0 Å². The Bertz CT molecular complexity index is 1170. The van der Waals surface area contributed by atoms with E-state index in [9.17, 15) is 4.79 Å². The molecule has 0 unspecified atom stereocenters. The first-order valence-corrected chi connectivity index (χ1v) is 15.2. The standard InChI is InChI=1S/C35H43N3O/c39-35-34-26-32(17-16-31(34)18-21-38(35)27-28-10-4-1-5-11-28)37-24-22-36(23-25-37)20-19-33(29-12-6-2-7-13-29)30-14-8-3-9-15-30/h2-3,6-9,12-17,26,28,33H,1,4-5,10-11,18-25,27H2. The van der Waals surface area contributed by atoms with Crippen LogP contribution in [0.5, 0.6) is 0 Å². The number of hydrogen-bond donors (Lipinski definition) is 0. The van der Waals surface area contributed by atoms with Crippen LogP contribution < -0.4 is 4.90 Å². The molecule has 39 heavy (non-hydrogen) atoms. The highest BCUT2D eigenvalue weighted by atomic mass is 16.2. The van der Waals surface area contributed by atoms with Crippen LogP contribution in [-0.2, 0) is 6.42 Å². The van der Waals surface area contributed by atoms with Crippen molar-refractivity contribution in [3.8, 4) is 0 Å². The number of nitrogens with zero attached hydrogens (tertiary/aromatic N) is 3. The van der Waals surface area contributed by atoms with Crippen LogP contribution in [0.25, 0.3) is 0 Å². The second-order valence-electron chi connectivity index (χ2n) is 11.8. The number of piperazine rings is 1. The molecule has 4 heteroatoms. The van der Waals surface area contributed by atoms with Gasteiger partial charge < -0.3 is 9.80 Å². The Morgan fingerprint density at radius 1 is 0.744 bits per heavy atom. The van der Waals surface area contributed by atoms with Gasteiger partial charge in [0.2, 0.25) is 0 Å². The Kier molecular flexibility index (Phi) is 8.30. The number of carbonyl (C=O) groups excluding carboxylic acids is 1. The van der Waals surface area contributed by atoms with Gasteiger partial charge in [0.25, 0.3) is 5.91 Å². The van der Waals surface area contributed by atoms with E-state index in [2.05, 4.69) is 93.6 Å². The Hall–Kier alpha value is -3.11. The van der Waals surface area contributed by atoms with E-state index in [4.69, 9.17) is 0 Å². The van der Waals surface area contributed by atoms with E-state index in [-0.39, 0.29) is 5.91 Å². The van der Waals surface area contributed by atoms with Gasteiger partial charge in [-0.1, -0.05) is 86.0 Å². The molecule has 204 valence electrons. The summed E-state index contributed by atoms with van der Waals surface area (Å²) in [5.74, 6) is 1.38. The molecule has 2 fully saturated rings. The lowest BCUT2D eigenvalue weighted by molar-refractivity contribution is 0.0697. The molecule has 1 saturated carbocycles. The van der Waals surface area contributed by atoms with Crippen LogP contribution in [0, 0.1) is 5.92 Å². The molecular weight excluding hydrogens is 478 g/mol. The minimum atomic E-state index is 0.259. The van der Waals surface area contributed by atoms with Gasteiger partial charge in [-0.05, 0) is 67.0 Å². The van der Waals surface area contributed by atoms with E-state index in [1.165, 1.54) is 54.5 Å². The van der Waals surface area contributed by atoms with Gasteiger partial charge in [0, 0.05) is 56.4 Å². The number of amides is 1. The molecule has 2 heterocycles. The van der Waals surface area contributed by atoms with E-state index in [1.54, 1.807) is 0 Å². The first-order chi connectivity index (χ1) is 19.2. The molecule has 1 saturated heterocycles. The van der Waals surface area contributed by atoms with Crippen LogP contribution in [0.1, 0.15) is 71.5 Å². The lowest BCUT2D eigenvalue weighted by Gasteiger charge is -2.38. The molecule has 0 atom stereocenters. The fourth-order valence-corrected chi connectivity index (χ4v) is 7.00. The maximum Gasteiger partial charge on any atom is 0.254 e. The molecule has 0 N–H and O–H groups in total. The summed E-state index contributed by atoms with van der Waals surface area (Å²) >= 11 is 0. The lowest BCUT2D eigenvalue weighted by atomic mass is 9.88. The van der Waals surface area contributed by atoms with Gasteiger partial charge in [-0.25, -0.2) is 0 Å². The van der Waals surface area contributed by atoms with Crippen LogP contribution in [-0.4, -0.2) is 61.5 Å². The summed E-state index contributed by atoms with van der Waals surface area (Å²) in [6, 6.07) is 28.6. The average Bonchev–Trinajstić information content (AvgIpc) is 3.01. The van der Waals surface area contributed by atoms with E-state index in [0.717, 1.165) is 64.2 Å². The molecule has 0 spiro atoms. The average molecular weight is 522 g/mol. The lowest BCUT2D eigenvalue weighted by Crippen LogP contribution is -2.47. The topological polar surface area (TPSA) is 26.8 Å². The first kappa shape index (κ1) is 26.1. The van der Waals surface area contributed by atoms with Crippen molar-refractivity contribution in [3.63, 3.8) is 0 Å². The van der Waals surface area contributed by atoms with Crippen LogP contribution in [0.4, 0.5) is 5.69 Å². The summed E-state index contributed by atoms with van der Waals surface area (Å²) in [5.41, 5.74) is 6.20. The summed E-state index contributed by atoms with van der Waals surface area (Å²) in [4.78, 5) is 20.7. The summed E-state index contributed by atoms with van der Waals surface area (Å²) in [7, 11) is 0. The Morgan fingerprint density at radius 3 is 2.08 bits per heavy atom. The quantitative estimate of drug-likeness (QED) is 0.334. The van der Waals surface area contributed by atoms with Crippen molar-refractivity contribution in [1.29, 1.82) is 0 Å². The van der Waals surface area contributed by atoms with Crippen LogP contribution in [0.15, 0.2) is 78.9 Å². The molecule has 0 aromatic heterocycles. The predicted molar refractivity (Wildman–Crippen MR) is 161 cm³/mol. The fraction of sp³-hybridized carbons (Fsp3) is 0.457. The molecule has 4 nitrogen and oxygen atoms in total. The van der Waals surface area contributed by atoms with E-state index in [0.29, 0.717) is 11.8 Å². The Balaban J connectivity index is 1.06. The largest absolute Gasteiger partial charge is 0.369 e. The molecule has 3 aliphatic rings. The SMILES string of the molecule is O=C1c2cc(N3CCN(CCC(c4ccccc4)c4ccccc4)CC3)ccc2CCN1CC1CCCCC1. The summed E-state index contributed by atoms with van der Waals surface area (Å²) < 4.78 is 0. The second-order valence-corrected chi connectivity index (χ2v) is 11.8. The maximum absolute atomic E-state index is 13.5. The number of benzene rings is 3. The number of rotatable bonds is 8. The third-order valence-corrected chi connectivity index (χ3v) is 9.34. The van der Waals surface area contributed by atoms with Crippen LogP contribution in [0.2, 0.25) is 0 Å². The van der Waals surface area contributed by atoms with Gasteiger partial charge >= 0.3 is 0 Å². The zero-order valence-electron chi connectivity index (χ0n) is 23.3. The highest BCUT2D eigenvalue weighted by Crippen LogP contribution is 2.31. The molecule has 6 rings (SSSR count). The van der Waals surface area contributed by atoms with Crippen LogP contribution >= 0.6 is 0 Å². The second kappa shape index (κ2) is 12.4. The number of carbonyl (C=O) groups is 1. The highest BCUT2D eigenvalue weighted by molar-refractivity contribution is 5.97. The molecule has 0 bridgehead atoms. The summed E-state index contributed by atoms with van der Waals surface area (Å²) in [6.07, 6.45) is 8.72. The normalized spacial score (nSPS) is 18.9. The number of anilines is 1. The van der Waals surface area contributed by atoms with Crippen molar-refractivity contribution in [1.82, 2.24) is 9.80 Å². The fourth-order valence-electron chi connectivity index (χ4n) is 7.00. The number of hydrogen-bond acceptors (Lipinski definition) is 3. The van der Waals surface area contributed by atoms with Crippen molar-refractivity contribution in [2.45, 2.75) is 50.9 Å². The van der Waals surface area contributed by atoms with Gasteiger partial charge in [-0.3, -0.25) is 9.69 Å². The maximum atomic E-state index is 13.5. The van der Waals surface area contributed by atoms with E-state index in [1.807, 2.05) is 0 Å². The third-order valence-electron chi connectivity index (χ3n) is 9.34. The molecule has 1 amide bonds. The minimum absolute atomic E-state index is 0.259. The smallest absolute Gasteiger partial charge is 0.254 e. The predicted octanol–water partition coefficient (Wildman–Crippen LogP) is 6.61. The molecule has 0 radical (unpaired) electrons. The molecule has 3 aromatic rings. The van der Waals surface area contributed by atoms with Crippen molar-refractivity contribution in [3.05, 3.63) is 101 Å². The van der Waals surface area contributed by atoms with E-state index < -0.39 is 0 Å².